The maximum Gasteiger partial charge on any atom is 0.403 e. The first-order valence-corrected chi connectivity index (χ1v) is 9.86. The number of halogens is 3. The molecule has 1 aliphatic rings. The number of urea groups is 1. The van der Waals surface area contributed by atoms with Gasteiger partial charge >= 0.3 is 12.2 Å². The van der Waals surface area contributed by atoms with Gasteiger partial charge in [-0.15, -0.1) is 0 Å². The third-order valence-electron chi connectivity index (χ3n) is 4.91. The predicted molar refractivity (Wildman–Crippen MR) is 110 cm³/mol. The van der Waals surface area contributed by atoms with Crippen LogP contribution in [0.3, 0.4) is 0 Å². The summed E-state index contributed by atoms with van der Waals surface area (Å²) in [6.07, 6.45) is -0.877. The highest BCUT2D eigenvalue weighted by Crippen LogP contribution is 2.30. The van der Waals surface area contributed by atoms with E-state index in [0.29, 0.717) is 11.5 Å². The second kappa shape index (κ2) is 8.63. The SMILES string of the molecule is Cc1c(-c2cnn(C)c2)nn(-c2ccccc2)c1NC(=O)N[C@H]1CON(CC(F)(F)F)C1. The number of nitrogens with zero attached hydrogens (tertiary/aromatic N) is 5. The Hall–Kier alpha value is -3.38. The average molecular weight is 449 g/mol. The molecule has 2 amide bonds. The number of carbonyl (C=O) groups is 1. The van der Waals surface area contributed by atoms with E-state index in [1.165, 1.54) is 0 Å². The van der Waals surface area contributed by atoms with Crippen molar-refractivity contribution in [3.63, 3.8) is 0 Å². The van der Waals surface area contributed by atoms with Gasteiger partial charge in [0.1, 0.15) is 18.1 Å². The van der Waals surface area contributed by atoms with Crippen LogP contribution >= 0.6 is 0 Å². The van der Waals surface area contributed by atoms with Crippen molar-refractivity contribution in [1.29, 1.82) is 0 Å². The molecule has 170 valence electrons. The van der Waals surface area contributed by atoms with E-state index in [2.05, 4.69) is 20.8 Å². The van der Waals surface area contributed by atoms with Gasteiger partial charge in [0.25, 0.3) is 0 Å². The summed E-state index contributed by atoms with van der Waals surface area (Å²) in [7, 11) is 1.80. The molecule has 0 aliphatic carbocycles. The Morgan fingerprint density at radius 1 is 1.28 bits per heavy atom. The number of hydrogen-bond donors (Lipinski definition) is 2. The predicted octanol–water partition coefficient (Wildman–Crippen LogP) is 2.88. The lowest BCUT2D eigenvalue weighted by atomic mass is 10.1. The lowest BCUT2D eigenvalue weighted by Gasteiger charge is -2.16. The summed E-state index contributed by atoms with van der Waals surface area (Å²) in [4.78, 5) is 17.7. The molecule has 3 heterocycles. The van der Waals surface area contributed by atoms with E-state index in [0.717, 1.165) is 21.9 Å². The molecular weight excluding hydrogens is 427 g/mol. The van der Waals surface area contributed by atoms with Crippen molar-refractivity contribution in [2.24, 2.45) is 7.05 Å². The van der Waals surface area contributed by atoms with Gasteiger partial charge < -0.3 is 5.32 Å². The van der Waals surface area contributed by atoms with E-state index >= 15 is 0 Å². The van der Waals surface area contributed by atoms with Crippen molar-refractivity contribution in [2.75, 3.05) is 25.0 Å². The Kier molecular flexibility index (Phi) is 5.89. The Balaban J connectivity index is 1.54. The Bertz CT molecular complexity index is 1090. The second-order valence-electron chi connectivity index (χ2n) is 7.50. The molecule has 4 rings (SSSR count). The van der Waals surface area contributed by atoms with Gasteiger partial charge in [0, 0.05) is 30.9 Å². The van der Waals surface area contributed by atoms with E-state index in [1.807, 2.05) is 43.5 Å². The lowest BCUT2D eigenvalue weighted by molar-refractivity contribution is -0.212. The minimum absolute atomic E-state index is 0.0403. The molecule has 0 bridgehead atoms. The molecular formula is C20H22F3N7O2. The number of rotatable bonds is 5. The number of hydrogen-bond acceptors (Lipinski definition) is 5. The van der Waals surface area contributed by atoms with Crippen LogP contribution in [0.2, 0.25) is 0 Å². The summed E-state index contributed by atoms with van der Waals surface area (Å²) >= 11 is 0. The summed E-state index contributed by atoms with van der Waals surface area (Å²) in [5.74, 6) is 0.443. The van der Waals surface area contributed by atoms with E-state index in [4.69, 9.17) is 4.84 Å². The minimum Gasteiger partial charge on any atom is -0.331 e. The lowest BCUT2D eigenvalue weighted by Crippen LogP contribution is -2.42. The van der Waals surface area contributed by atoms with Crippen molar-refractivity contribution < 1.29 is 22.8 Å². The van der Waals surface area contributed by atoms with Crippen molar-refractivity contribution in [3.05, 3.63) is 48.3 Å². The van der Waals surface area contributed by atoms with Crippen molar-refractivity contribution in [2.45, 2.75) is 19.1 Å². The van der Waals surface area contributed by atoms with Crippen LogP contribution in [0, 0.1) is 6.92 Å². The number of aryl methyl sites for hydroxylation is 1. The standard InChI is InChI=1S/C20H22F3N7O2/c1-13-17(14-8-24-28(2)9-14)27-30(16-6-4-3-5-7-16)18(13)26-19(31)25-15-10-29(32-11-15)12-20(21,22)23/h3-9,15H,10-12H2,1-2H3,(H2,25,26,31)/t15-/m1/s1. The van der Waals surface area contributed by atoms with Crippen LogP contribution in [0.25, 0.3) is 16.9 Å². The zero-order valence-corrected chi connectivity index (χ0v) is 17.4. The molecule has 32 heavy (non-hydrogen) atoms. The van der Waals surface area contributed by atoms with Crippen molar-refractivity contribution >= 4 is 11.8 Å². The molecule has 0 radical (unpaired) electrons. The summed E-state index contributed by atoms with van der Waals surface area (Å²) in [6, 6.07) is 8.13. The number of amides is 2. The summed E-state index contributed by atoms with van der Waals surface area (Å²) in [6.45, 7) is 0.529. The molecule has 3 aromatic rings. The first-order valence-electron chi connectivity index (χ1n) is 9.86. The Morgan fingerprint density at radius 2 is 2.03 bits per heavy atom. The molecule has 1 aliphatic heterocycles. The first-order chi connectivity index (χ1) is 15.2. The van der Waals surface area contributed by atoms with Gasteiger partial charge in [-0.05, 0) is 19.1 Å². The third-order valence-corrected chi connectivity index (χ3v) is 4.91. The Labute approximate surface area is 181 Å². The maximum atomic E-state index is 12.7. The fourth-order valence-corrected chi connectivity index (χ4v) is 3.49. The zero-order valence-electron chi connectivity index (χ0n) is 17.4. The highest BCUT2D eigenvalue weighted by atomic mass is 19.4. The van der Waals surface area contributed by atoms with Crippen LogP contribution in [0.4, 0.5) is 23.8 Å². The maximum absolute atomic E-state index is 12.7. The smallest absolute Gasteiger partial charge is 0.331 e. The van der Waals surface area contributed by atoms with E-state index in [9.17, 15) is 18.0 Å². The van der Waals surface area contributed by atoms with Gasteiger partial charge in [0.15, 0.2) is 0 Å². The molecule has 1 atom stereocenters. The Morgan fingerprint density at radius 3 is 2.69 bits per heavy atom. The van der Waals surface area contributed by atoms with Crippen LogP contribution in [0.5, 0.6) is 0 Å². The van der Waals surface area contributed by atoms with Gasteiger partial charge in [-0.1, -0.05) is 18.2 Å². The molecule has 9 nitrogen and oxygen atoms in total. The summed E-state index contributed by atoms with van der Waals surface area (Å²) < 4.78 is 40.9. The highest BCUT2D eigenvalue weighted by molar-refractivity contribution is 5.91. The van der Waals surface area contributed by atoms with E-state index in [1.54, 1.807) is 22.6 Å². The van der Waals surface area contributed by atoms with Gasteiger partial charge in [-0.3, -0.25) is 14.8 Å². The molecule has 2 aromatic heterocycles. The number of benzene rings is 1. The minimum atomic E-state index is -4.38. The van der Waals surface area contributed by atoms with Gasteiger partial charge in [0.05, 0.1) is 24.5 Å². The number of para-hydroxylation sites is 1. The molecule has 0 spiro atoms. The number of carbonyl (C=O) groups excluding carboxylic acids is 1. The molecule has 1 saturated heterocycles. The number of anilines is 1. The van der Waals surface area contributed by atoms with Crippen LogP contribution in [0.1, 0.15) is 5.56 Å². The van der Waals surface area contributed by atoms with Crippen LogP contribution < -0.4 is 10.6 Å². The number of aromatic nitrogens is 4. The van der Waals surface area contributed by atoms with Crippen LogP contribution in [-0.2, 0) is 11.9 Å². The van der Waals surface area contributed by atoms with E-state index < -0.39 is 24.8 Å². The summed E-state index contributed by atoms with van der Waals surface area (Å²) in [5.41, 5.74) is 2.90. The van der Waals surface area contributed by atoms with Crippen LogP contribution in [-0.4, -0.2) is 62.6 Å². The average Bonchev–Trinajstić information content (AvgIpc) is 3.42. The molecule has 1 aromatic carbocycles. The largest absolute Gasteiger partial charge is 0.403 e. The monoisotopic (exact) mass is 449 g/mol. The third kappa shape index (κ3) is 4.92. The van der Waals surface area contributed by atoms with Crippen molar-refractivity contribution in [3.8, 4) is 16.9 Å². The first kappa shape index (κ1) is 21.8. The second-order valence-corrected chi connectivity index (χ2v) is 7.50. The molecule has 1 fully saturated rings. The molecule has 2 N–H and O–H groups in total. The van der Waals surface area contributed by atoms with Crippen LogP contribution in [0.15, 0.2) is 42.7 Å². The number of hydroxylamine groups is 2. The quantitative estimate of drug-likeness (QED) is 0.625. The zero-order chi connectivity index (χ0) is 22.9. The summed E-state index contributed by atoms with van der Waals surface area (Å²) in [5, 5.41) is 15.1. The van der Waals surface area contributed by atoms with Gasteiger partial charge in [-0.2, -0.15) is 28.4 Å². The van der Waals surface area contributed by atoms with Gasteiger partial charge in [-0.25, -0.2) is 9.48 Å². The fourth-order valence-electron chi connectivity index (χ4n) is 3.49. The normalized spacial score (nSPS) is 17.0. The molecule has 12 heteroatoms. The molecule has 0 unspecified atom stereocenters. The topological polar surface area (TPSA) is 89.2 Å². The number of alkyl halides is 3. The molecule has 0 saturated carbocycles. The van der Waals surface area contributed by atoms with Crippen molar-refractivity contribution in [1.82, 2.24) is 29.9 Å². The fraction of sp³-hybridized carbons (Fsp3) is 0.350. The highest BCUT2D eigenvalue weighted by Gasteiger charge is 2.36. The van der Waals surface area contributed by atoms with Gasteiger partial charge in [0.2, 0.25) is 0 Å². The van der Waals surface area contributed by atoms with E-state index in [-0.39, 0.29) is 13.2 Å². The number of nitrogens with one attached hydrogen (secondary N) is 2.